The first-order valence-electron chi connectivity index (χ1n) is 1.68. The van der Waals surface area contributed by atoms with Crippen LogP contribution in [0, 0.1) is 39.9 Å². The van der Waals surface area contributed by atoms with E-state index in [2.05, 4.69) is 4.18 Å². The van der Waals surface area contributed by atoms with Crippen LogP contribution in [0.5, 0.6) is 0 Å². The summed E-state index contributed by atoms with van der Waals surface area (Å²) in [5.41, 5.74) is 0. The maximum atomic E-state index is 9.56. The molecule has 0 unspecified atom stereocenters. The molecule has 0 radical (unpaired) electrons. The van der Waals surface area contributed by atoms with Gasteiger partial charge >= 0.3 is 10.4 Å². The van der Waals surface area contributed by atoms with Crippen molar-refractivity contribution in [1.82, 2.24) is 0 Å². The molecule has 4 nitrogen and oxygen atoms in total. The molecular weight excluding hydrogens is 277 g/mol. The van der Waals surface area contributed by atoms with Gasteiger partial charge in [0, 0.05) is 39.9 Å². The van der Waals surface area contributed by atoms with Gasteiger partial charge in [-0.25, -0.2) is 4.18 Å². The van der Waals surface area contributed by atoms with E-state index in [1.165, 1.54) is 6.92 Å². The van der Waals surface area contributed by atoms with Crippen molar-refractivity contribution in [3.8, 4) is 0 Å². The van der Waals surface area contributed by atoms with Gasteiger partial charge in [0.2, 0.25) is 0 Å². The Balaban J connectivity index is 0. The van der Waals surface area contributed by atoms with E-state index in [9.17, 15) is 8.42 Å². The zero-order valence-corrected chi connectivity index (χ0v) is 7.23. The van der Waals surface area contributed by atoms with Crippen LogP contribution in [-0.4, -0.2) is 19.6 Å². The van der Waals surface area contributed by atoms with Crippen LogP contribution in [0.4, 0.5) is 0 Å². The SMILES string of the molecule is CCOS(=O)(=O)O.[Gd]. The largest absolute Gasteiger partial charge is 0.397 e. The van der Waals surface area contributed by atoms with Crippen molar-refractivity contribution in [2.75, 3.05) is 6.61 Å². The van der Waals surface area contributed by atoms with Crippen LogP contribution >= 0.6 is 0 Å². The summed E-state index contributed by atoms with van der Waals surface area (Å²) >= 11 is 0. The maximum absolute atomic E-state index is 9.56. The Morgan fingerprint density at radius 1 is 1.62 bits per heavy atom. The van der Waals surface area contributed by atoms with Gasteiger partial charge in [0.15, 0.2) is 0 Å². The third kappa shape index (κ3) is 10.2. The summed E-state index contributed by atoms with van der Waals surface area (Å²) in [5, 5.41) is 0. The predicted molar refractivity (Wildman–Crippen MR) is 23.2 cm³/mol. The maximum Gasteiger partial charge on any atom is 0.397 e. The van der Waals surface area contributed by atoms with E-state index in [1.807, 2.05) is 0 Å². The third-order valence-electron chi connectivity index (χ3n) is 0.267. The van der Waals surface area contributed by atoms with Crippen molar-refractivity contribution in [2.24, 2.45) is 0 Å². The average Bonchev–Trinajstić information content (AvgIpc) is 1.30. The molecule has 0 aromatic carbocycles. The molecule has 6 heteroatoms. The molecule has 0 aliphatic rings. The van der Waals surface area contributed by atoms with Crippen molar-refractivity contribution in [1.29, 1.82) is 0 Å². The third-order valence-corrected chi connectivity index (χ3v) is 0.800. The van der Waals surface area contributed by atoms with Crippen molar-refractivity contribution < 1.29 is 57.1 Å². The quantitative estimate of drug-likeness (QED) is 0.715. The average molecular weight is 283 g/mol. The molecule has 0 saturated heterocycles. The zero-order valence-electron chi connectivity index (χ0n) is 4.14. The fraction of sp³-hybridized carbons (Fsp3) is 1.00. The van der Waals surface area contributed by atoms with Crippen LogP contribution in [0.3, 0.4) is 0 Å². The van der Waals surface area contributed by atoms with E-state index in [0.717, 1.165) is 0 Å². The molecule has 8 heavy (non-hydrogen) atoms. The number of hydrogen-bond acceptors (Lipinski definition) is 3. The smallest absolute Gasteiger partial charge is 0.264 e. The molecule has 52 valence electrons. The Morgan fingerprint density at radius 3 is 2.00 bits per heavy atom. The molecule has 0 saturated carbocycles. The first-order chi connectivity index (χ1) is 3.06. The summed E-state index contributed by atoms with van der Waals surface area (Å²) in [4.78, 5) is 0. The Hall–Kier alpha value is 1.19. The van der Waals surface area contributed by atoms with Crippen molar-refractivity contribution in [3.05, 3.63) is 0 Å². The van der Waals surface area contributed by atoms with Crippen LogP contribution in [0.25, 0.3) is 0 Å². The fourth-order valence-electron chi connectivity index (χ4n) is 0.149. The molecule has 0 amide bonds. The van der Waals surface area contributed by atoms with E-state index in [1.54, 1.807) is 0 Å². The van der Waals surface area contributed by atoms with Gasteiger partial charge in [-0.15, -0.1) is 0 Å². The number of hydrogen-bond donors (Lipinski definition) is 1. The Labute approximate surface area is 80.2 Å². The summed E-state index contributed by atoms with van der Waals surface area (Å²) in [6, 6.07) is 0. The first kappa shape index (κ1) is 11.9. The standard InChI is InChI=1S/C2H6O4S.Gd/c1-2-6-7(3,4)5;/h2H2,1H3,(H,3,4,5);. The minimum absolute atomic E-state index is 0. The normalized spacial score (nSPS) is 10.2. The van der Waals surface area contributed by atoms with Crippen molar-refractivity contribution >= 4 is 10.4 Å². The molecule has 0 aromatic rings. The van der Waals surface area contributed by atoms with Crippen LogP contribution < -0.4 is 0 Å². The fourth-order valence-corrected chi connectivity index (χ4v) is 0.447. The molecule has 0 aliphatic carbocycles. The topological polar surface area (TPSA) is 63.6 Å². The van der Waals surface area contributed by atoms with E-state index < -0.39 is 10.4 Å². The molecule has 1 N–H and O–H groups in total. The van der Waals surface area contributed by atoms with Crippen molar-refractivity contribution in [2.45, 2.75) is 6.92 Å². The molecule has 0 atom stereocenters. The predicted octanol–water partition coefficient (Wildman–Crippen LogP) is -0.174. The Bertz CT molecular complexity index is 127. The monoisotopic (exact) mass is 284 g/mol. The molecule has 0 spiro atoms. The minimum atomic E-state index is -4.17. The number of rotatable bonds is 2. The summed E-state index contributed by atoms with van der Waals surface area (Å²) < 4.78 is 30.7. The van der Waals surface area contributed by atoms with Gasteiger partial charge in [0.25, 0.3) is 0 Å². The van der Waals surface area contributed by atoms with Gasteiger partial charge in [-0.05, 0) is 6.92 Å². The molecule has 0 heterocycles. The Kier molecular flexibility index (Phi) is 7.48. The molecular formula is C2H6GdO4S. The minimum Gasteiger partial charge on any atom is -0.264 e. The van der Waals surface area contributed by atoms with Crippen LogP contribution in [0.2, 0.25) is 0 Å². The van der Waals surface area contributed by atoms with Crippen molar-refractivity contribution in [3.63, 3.8) is 0 Å². The van der Waals surface area contributed by atoms with Gasteiger partial charge < -0.3 is 0 Å². The molecule has 0 bridgehead atoms. The summed E-state index contributed by atoms with van der Waals surface area (Å²) in [6.07, 6.45) is 0. The van der Waals surface area contributed by atoms with E-state index in [0.29, 0.717) is 0 Å². The van der Waals surface area contributed by atoms with Crippen LogP contribution in [0.15, 0.2) is 0 Å². The van der Waals surface area contributed by atoms with Gasteiger partial charge in [-0.1, -0.05) is 0 Å². The second kappa shape index (κ2) is 5.02. The second-order valence-electron chi connectivity index (χ2n) is 0.834. The first-order valence-corrected chi connectivity index (χ1v) is 3.04. The van der Waals surface area contributed by atoms with Crippen LogP contribution in [0.1, 0.15) is 6.92 Å². The van der Waals surface area contributed by atoms with Gasteiger partial charge in [-0.2, -0.15) is 8.42 Å². The van der Waals surface area contributed by atoms with E-state index in [-0.39, 0.29) is 46.5 Å². The summed E-state index contributed by atoms with van der Waals surface area (Å²) in [7, 11) is -4.17. The van der Waals surface area contributed by atoms with Crippen LogP contribution in [-0.2, 0) is 14.6 Å². The molecule has 0 aromatic heterocycles. The molecule has 0 rings (SSSR count). The van der Waals surface area contributed by atoms with Gasteiger partial charge in [0.1, 0.15) is 0 Å². The van der Waals surface area contributed by atoms with E-state index >= 15 is 0 Å². The summed E-state index contributed by atoms with van der Waals surface area (Å²) in [5.74, 6) is 0. The molecule has 0 aliphatic heterocycles. The second-order valence-corrected chi connectivity index (χ2v) is 1.93. The van der Waals surface area contributed by atoms with Gasteiger partial charge in [0.05, 0.1) is 6.61 Å². The van der Waals surface area contributed by atoms with E-state index in [4.69, 9.17) is 4.55 Å². The Morgan fingerprint density at radius 2 is 2.00 bits per heavy atom. The van der Waals surface area contributed by atoms with Gasteiger partial charge in [-0.3, -0.25) is 4.55 Å². The zero-order chi connectivity index (χ0) is 5.91. The summed E-state index contributed by atoms with van der Waals surface area (Å²) in [6.45, 7) is 1.44. The molecule has 0 fully saturated rings.